The van der Waals surface area contributed by atoms with Crippen LogP contribution in [-0.2, 0) is 4.79 Å². The minimum absolute atomic E-state index is 0.155. The molecule has 0 aliphatic rings. The van der Waals surface area contributed by atoms with Gasteiger partial charge in [0.05, 0.1) is 0 Å². The number of unbranched alkanes of at least 4 members (excludes halogenated alkanes) is 3. The highest BCUT2D eigenvalue weighted by Crippen LogP contribution is 2.04. The number of rotatable bonds is 5. The summed E-state index contributed by atoms with van der Waals surface area (Å²) < 4.78 is 0. The van der Waals surface area contributed by atoms with E-state index >= 15 is 0 Å². The van der Waals surface area contributed by atoms with Crippen LogP contribution in [0.15, 0.2) is 60.7 Å². The van der Waals surface area contributed by atoms with Crippen LogP contribution in [-0.4, -0.2) is 11.7 Å². The van der Waals surface area contributed by atoms with E-state index in [1.807, 2.05) is 48.5 Å². The summed E-state index contributed by atoms with van der Waals surface area (Å²) >= 11 is 0. The van der Waals surface area contributed by atoms with Crippen molar-refractivity contribution in [2.45, 2.75) is 25.7 Å². The molecule has 3 nitrogen and oxygen atoms in total. The largest absolute Gasteiger partial charge is 0.315 e. The van der Waals surface area contributed by atoms with E-state index in [2.05, 4.69) is 29.0 Å². The molecule has 2 aromatic carbocycles. The standard InChI is InChI=1S/C22H19NO2/c24-21(19-13-7-5-8-14-19)17-11-3-1-2-4-12-18-22(25)23-20-15-9-6-10-16-20/h5-10,13-16H,1-4H2,(H,23,25). The number of para-hydroxylation sites is 1. The van der Waals surface area contributed by atoms with Crippen molar-refractivity contribution >= 4 is 17.4 Å². The zero-order valence-corrected chi connectivity index (χ0v) is 13.9. The molecule has 0 aliphatic carbocycles. The van der Waals surface area contributed by atoms with E-state index in [1.165, 1.54) is 0 Å². The van der Waals surface area contributed by atoms with Gasteiger partial charge in [0.25, 0.3) is 5.91 Å². The molecule has 0 fully saturated rings. The van der Waals surface area contributed by atoms with Gasteiger partial charge in [0.2, 0.25) is 5.78 Å². The molecule has 1 amide bonds. The zero-order chi connectivity index (χ0) is 17.7. The number of carbonyl (C=O) groups is 2. The SMILES string of the molecule is O=C(C#CCCCCC#CC(=O)c1ccccc1)Nc1ccccc1. The lowest BCUT2D eigenvalue weighted by Crippen LogP contribution is -2.07. The second-order valence-corrected chi connectivity index (χ2v) is 5.33. The summed E-state index contributed by atoms with van der Waals surface area (Å²) in [5, 5.41) is 2.71. The fourth-order valence-electron chi connectivity index (χ4n) is 2.06. The van der Waals surface area contributed by atoms with Crippen molar-refractivity contribution in [3.8, 4) is 23.7 Å². The first-order valence-corrected chi connectivity index (χ1v) is 8.19. The van der Waals surface area contributed by atoms with Crippen molar-refractivity contribution in [2.24, 2.45) is 0 Å². The number of hydrogen-bond acceptors (Lipinski definition) is 2. The van der Waals surface area contributed by atoms with E-state index in [9.17, 15) is 9.59 Å². The van der Waals surface area contributed by atoms with Gasteiger partial charge in [-0.2, -0.15) is 0 Å². The predicted molar refractivity (Wildman–Crippen MR) is 99.9 cm³/mol. The quantitative estimate of drug-likeness (QED) is 0.389. The molecule has 0 radical (unpaired) electrons. The molecule has 1 N–H and O–H groups in total. The van der Waals surface area contributed by atoms with Crippen LogP contribution in [0.4, 0.5) is 5.69 Å². The van der Waals surface area contributed by atoms with Crippen molar-refractivity contribution in [3.63, 3.8) is 0 Å². The van der Waals surface area contributed by atoms with Gasteiger partial charge in [-0.3, -0.25) is 9.59 Å². The van der Waals surface area contributed by atoms with Crippen LogP contribution in [0, 0.1) is 23.7 Å². The maximum atomic E-state index is 11.8. The highest BCUT2D eigenvalue weighted by Gasteiger charge is 1.98. The number of anilines is 1. The molecule has 3 heteroatoms. The van der Waals surface area contributed by atoms with Crippen LogP contribution in [0.3, 0.4) is 0 Å². The van der Waals surface area contributed by atoms with Crippen LogP contribution in [0.25, 0.3) is 0 Å². The van der Waals surface area contributed by atoms with E-state index < -0.39 is 0 Å². The molecular weight excluding hydrogens is 310 g/mol. The minimum atomic E-state index is -0.306. The Hall–Kier alpha value is -3.30. The van der Waals surface area contributed by atoms with E-state index in [0.29, 0.717) is 18.4 Å². The molecule has 0 spiro atoms. The Morgan fingerprint density at radius 3 is 1.96 bits per heavy atom. The third-order valence-electron chi connectivity index (χ3n) is 3.33. The topological polar surface area (TPSA) is 46.2 Å². The summed E-state index contributed by atoms with van der Waals surface area (Å²) in [6, 6.07) is 18.2. The van der Waals surface area contributed by atoms with E-state index in [-0.39, 0.29) is 11.7 Å². The molecule has 2 aromatic rings. The van der Waals surface area contributed by atoms with Crippen LogP contribution < -0.4 is 5.32 Å². The summed E-state index contributed by atoms with van der Waals surface area (Å²) in [6.07, 6.45) is 2.98. The molecular formula is C22H19NO2. The van der Waals surface area contributed by atoms with Crippen molar-refractivity contribution in [1.82, 2.24) is 0 Å². The number of ketones is 1. The second kappa shape index (κ2) is 10.5. The number of Topliss-reactive ketones (excluding diaryl/α,β-unsaturated/α-hetero) is 1. The van der Waals surface area contributed by atoms with E-state index in [1.54, 1.807) is 12.1 Å². The lowest BCUT2D eigenvalue weighted by atomic mass is 10.1. The van der Waals surface area contributed by atoms with Gasteiger partial charge in [-0.15, -0.1) is 0 Å². The Labute approximate surface area is 148 Å². The van der Waals surface area contributed by atoms with Gasteiger partial charge in [0.1, 0.15) is 0 Å². The molecule has 2 rings (SSSR count). The lowest BCUT2D eigenvalue weighted by Gasteiger charge is -1.98. The Morgan fingerprint density at radius 2 is 1.32 bits per heavy atom. The fraction of sp³-hybridized carbons (Fsp3) is 0.182. The van der Waals surface area contributed by atoms with Crippen molar-refractivity contribution in [3.05, 3.63) is 66.2 Å². The maximum absolute atomic E-state index is 11.8. The lowest BCUT2D eigenvalue weighted by molar-refractivity contribution is -0.111. The average Bonchev–Trinajstić information content (AvgIpc) is 2.65. The van der Waals surface area contributed by atoms with Gasteiger partial charge in [0, 0.05) is 24.1 Å². The van der Waals surface area contributed by atoms with Gasteiger partial charge in [-0.05, 0) is 36.8 Å². The van der Waals surface area contributed by atoms with E-state index in [0.717, 1.165) is 18.5 Å². The molecule has 0 aliphatic heterocycles. The Morgan fingerprint density at radius 1 is 0.760 bits per heavy atom. The summed E-state index contributed by atoms with van der Waals surface area (Å²) in [7, 11) is 0. The zero-order valence-electron chi connectivity index (χ0n) is 13.9. The van der Waals surface area contributed by atoms with Crippen LogP contribution >= 0.6 is 0 Å². The minimum Gasteiger partial charge on any atom is -0.315 e. The summed E-state index contributed by atoms with van der Waals surface area (Å²) in [6.45, 7) is 0. The Balaban J connectivity index is 1.62. The molecule has 0 bridgehead atoms. The Kier molecular flexibility index (Phi) is 7.56. The van der Waals surface area contributed by atoms with Crippen molar-refractivity contribution in [2.75, 3.05) is 5.32 Å². The second-order valence-electron chi connectivity index (χ2n) is 5.33. The molecule has 0 heterocycles. The van der Waals surface area contributed by atoms with E-state index in [4.69, 9.17) is 0 Å². The molecule has 0 aromatic heterocycles. The van der Waals surface area contributed by atoms with Gasteiger partial charge >= 0.3 is 0 Å². The first-order valence-electron chi connectivity index (χ1n) is 8.19. The van der Waals surface area contributed by atoms with Crippen molar-refractivity contribution in [1.29, 1.82) is 0 Å². The number of amides is 1. The Bertz CT molecular complexity index is 818. The van der Waals surface area contributed by atoms with Crippen molar-refractivity contribution < 1.29 is 9.59 Å². The van der Waals surface area contributed by atoms with Gasteiger partial charge in [-0.1, -0.05) is 60.4 Å². The molecule has 25 heavy (non-hydrogen) atoms. The third kappa shape index (κ3) is 7.20. The highest BCUT2D eigenvalue weighted by molar-refractivity contribution is 6.08. The number of hydrogen-bond donors (Lipinski definition) is 1. The maximum Gasteiger partial charge on any atom is 0.300 e. The first kappa shape index (κ1) is 18.0. The van der Waals surface area contributed by atoms with Gasteiger partial charge < -0.3 is 5.32 Å². The number of nitrogens with one attached hydrogen (secondary N) is 1. The molecule has 0 saturated carbocycles. The average molecular weight is 329 g/mol. The molecule has 0 atom stereocenters. The summed E-state index contributed by atoms with van der Waals surface area (Å²) in [5.41, 5.74) is 1.35. The van der Waals surface area contributed by atoms with Gasteiger partial charge in [-0.25, -0.2) is 0 Å². The number of benzene rings is 2. The first-order chi connectivity index (χ1) is 12.3. The smallest absolute Gasteiger partial charge is 0.300 e. The number of carbonyl (C=O) groups excluding carboxylic acids is 2. The van der Waals surface area contributed by atoms with Crippen LogP contribution in [0.5, 0.6) is 0 Å². The highest BCUT2D eigenvalue weighted by atomic mass is 16.1. The predicted octanol–water partition coefficient (Wildman–Crippen LogP) is 4.08. The fourth-order valence-corrected chi connectivity index (χ4v) is 2.06. The molecule has 0 saturated heterocycles. The van der Waals surface area contributed by atoms with Gasteiger partial charge in [0.15, 0.2) is 0 Å². The third-order valence-corrected chi connectivity index (χ3v) is 3.33. The monoisotopic (exact) mass is 329 g/mol. The van der Waals surface area contributed by atoms with Crippen LogP contribution in [0.1, 0.15) is 36.0 Å². The normalized spacial score (nSPS) is 9.12. The summed E-state index contributed by atoms with van der Waals surface area (Å²) in [5.74, 6) is 10.5. The molecule has 0 unspecified atom stereocenters. The molecule has 124 valence electrons. The van der Waals surface area contributed by atoms with Crippen LogP contribution in [0.2, 0.25) is 0 Å². The summed E-state index contributed by atoms with van der Waals surface area (Å²) in [4.78, 5) is 23.4.